The number of furan rings is 1. The van der Waals surface area contributed by atoms with E-state index in [0.29, 0.717) is 63.5 Å². The number of imide groups is 1. The van der Waals surface area contributed by atoms with Gasteiger partial charge in [0, 0.05) is 121 Å². The van der Waals surface area contributed by atoms with Gasteiger partial charge in [-0.1, -0.05) is 0 Å². The summed E-state index contributed by atoms with van der Waals surface area (Å²) >= 11 is 8.07. The van der Waals surface area contributed by atoms with Gasteiger partial charge in [-0.3, -0.25) is 43.9 Å². The maximum absolute atomic E-state index is 14.3. The molecule has 2 aliphatic heterocycles. The smallest absolute Gasteiger partial charge is 0.415 e. The molecule has 6 amide bonds. The molecule has 22 nitrogen and oxygen atoms in total. The number of methoxy groups -OCH3 is 2. The quantitative estimate of drug-likeness (QED) is 0.0107. The number of H-pyrrole nitrogens is 1. The van der Waals surface area contributed by atoms with Crippen LogP contribution in [0.5, 0.6) is 11.5 Å². The molecule has 4 atom stereocenters. The number of likely N-dealkylation sites (N-methyl/N-ethyl adjacent to an activating group) is 2. The number of hydrogen-bond acceptors (Lipinski definition) is 16. The number of ketones is 2. The Kier molecular flexibility index (Phi) is 22.2. The molecule has 3 aliphatic rings. The monoisotopic (exact) mass is 1230 g/mol. The molecular formula is C62H78ClN8O14S+. The standard InChI is InChI=1S/C62H77ClN8O14S/c1-36(64)14-13-29-86-50-33-51(74)70(57(50)76)25-11-15-42(72)19-20-43(73)16-12-28-83-44-21-17-39(18-22-44)37(2)66-69(8)60(79)62(4,5)59(78)67(6)26-27-68(7)61(80)85-48-32-46-53(54-52(58(77)82-10)38(3)65-55(48)54)41(34-63)35-71(46)56(75)49-31-40-30-45(81-9)23-24-47(40)84-49/h17-18,21-24,30-32,41,46,50,53,64-65H,11-16,19-20,25-29,33-35H2,1-10H3/p+1/b64-36?,66-37+. The van der Waals surface area contributed by atoms with Crippen LogP contribution in [0.15, 0.2) is 64.1 Å². The van der Waals surface area contributed by atoms with Gasteiger partial charge in [-0.2, -0.15) is 5.10 Å². The number of amides is 6. The number of ether oxygens (including phenoxy) is 4. The summed E-state index contributed by atoms with van der Waals surface area (Å²) < 4.78 is 28.5. The minimum atomic E-state index is -1.57. The van der Waals surface area contributed by atoms with Crippen LogP contribution in [0, 0.1) is 18.3 Å². The van der Waals surface area contributed by atoms with Crippen LogP contribution in [0.3, 0.4) is 0 Å². The maximum Gasteiger partial charge on any atom is 0.415 e. The number of hydrazone groups is 1. The molecule has 0 bridgehead atoms. The highest BCUT2D eigenvalue weighted by Gasteiger charge is 2.51. The van der Waals surface area contributed by atoms with E-state index in [2.05, 4.69) is 10.1 Å². The van der Waals surface area contributed by atoms with Crippen molar-refractivity contribution in [3.8, 4) is 11.5 Å². The Labute approximate surface area is 509 Å². The Morgan fingerprint density at radius 2 is 1.55 bits per heavy atom. The molecule has 24 heteroatoms. The van der Waals surface area contributed by atoms with E-state index >= 15 is 0 Å². The van der Waals surface area contributed by atoms with Gasteiger partial charge < -0.3 is 43.0 Å². The molecule has 4 heterocycles. The molecule has 86 heavy (non-hydrogen) atoms. The van der Waals surface area contributed by atoms with E-state index in [0.717, 1.165) is 29.3 Å². The summed E-state index contributed by atoms with van der Waals surface area (Å²) in [5.74, 6) is -1.37. The van der Waals surface area contributed by atoms with Crippen molar-refractivity contribution in [2.24, 2.45) is 16.4 Å². The summed E-state index contributed by atoms with van der Waals surface area (Å²) in [7, 11) is 7.29. The normalized spacial score (nSPS) is 17.4. The van der Waals surface area contributed by atoms with E-state index < -0.39 is 52.4 Å². The first kappa shape index (κ1) is 65.7. The number of nitrogens with zero attached hydrogens (tertiary/aromatic N) is 6. The molecule has 2 aromatic heterocycles. The van der Waals surface area contributed by atoms with Crippen molar-refractivity contribution in [3.63, 3.8) is 0 Å². The van der Waals surface area contributed by atoms with E-state index in [9.17, 15) is 43.2 Å². The Bertz CT molecular complexity index is 3310. The van der Waals surface area contributed by atoms with Crippen molar-refractivity contribution in [3.05, 3.63) is 88.4 Å². The Balaban J connectivity index is 0.861. The molecule has 0 radical (unpaired) electrons. The fourth-order valence-corrected chi connectivity index (χ4v) is 12.4. The number of aromatic nitrogens is 1. The number of aromatic amines is 1. The second kappa shape index (κ2) is 29.1. The van der Waals surface area contributed by atoms with Crippen molar-refractivity contribution in [2.75, 3.05) is 79.8 Å². The predicted molar refractivity (Wildman–Crippen MR) is 324 cm³/mol. The van der Waals surface area contributed by atoms with Gasteiger partial charge in [-0.05, 0) is 119 Å². The van der Waals surface area contributed by atoms with E-state index in [1.54, 1.807) is 80.5 Å². The number of likely N-dealkylation sites (tertiary alicyclic amines) is 2. The number of alkyl halides is 1. The number of rotatable bonds is 29. The first-order valence-electron chi connectivity index (χ1n) is 28.7. The number of Topliss-reactive ketones (excluding diaryl/α,β-unsaturated/α-hetero) is 2. The molecule has 0 spiro atoms. The number of carbonyl (C=O) groups excluding carboxylic acids is 9. The van der Waals surface area contributed by atoms with Gasteiger partial charge in [0.2, 0.25) is 17.7 Å². The van der Waals surface area contributed by atoms with Crippen molar-refractivity contribution in [2.45, 2.75) is 110 Å². The zero-order valence-corrected chi connectivity index (χ0v) is 52.2. The van der Waals surface area contributed by atoms with Crippen LogP contribution in [0.2, 0.25) is 0 Å². The van der Waals surface area contributed by atoms with Crippen LogP contribution in [0.25, 0.3) is 16.7 Å². The predicted octanol–water partition coefficient (Wildman–Crippen LogP) is 6.84. The second-order valence-electron chi connectivity index (χ2n) is 22.5. The van der Waals surface area contributed by atoms with Gasteiger partial charge in [-0.25, -0.2) is 14.6 Å². The fourth-order valence-electron chi connectivity index (χ4n) is 11.0. The molecule has 7 rings (SSSR count). The first-order chi connectivity index (χ1) is 40.9. The summed E-state index contributed by atoms with van der Waals surface area (Å²) in [4.78, 5) is 128. The number of esters is 1. The number of thioether (sulfide) groups is 1. The minimum absolute atomic E-state index is 0.00802. The van der Waals surface area contributed by atoms with Gasteiger partial charge in [0.25, 0.3) is 11.8 Å². The number of fused-ring (bicyclic) bond motifs is 4. The fraction of sp³-hybridized carbons (Fsp3) is 0.500. The van der Waals surface area contributed by atoms with Crippen molar-refractivity contribution < 1.29 is 71.9 Å². The molecule has 0 saturated carbocycles. The maximum atomic E-state index is 14.3. The zero-order valence-electron chi connectivity index (χ0n) is 50.6. The van der Waals surface area contributed by atoms with E-state index in [1.165, 1.54) is 68.6 Å². The SMILES string of the molecule is COC(=O)c1c(C)[nH]c2c1C1C(CCl)CN(C(=O)c3cc4cc(OC)ccc4o3)C1C=C2OC(=O)N(C)CCN(C)C(=O)C(C)(C)C(=O)N(C)/N=C(\C)c1ccc(OCCCC(=O)CCC(=O)CCCN2C(=O)CC(SCCCC(C)=[NH2+])C2=O)cc1. The second-order valence-corrected chi connectivity index (χ2v) is 24.2. The largest absolute Gasteiger partial charge is 0.497 e. The van der Waals surface area contributed by atoms with Crippen molar-refractivity contribution >= 4 is 105 Å². The van der Waals surface area contributed by atoms with Crippen LogP contribution in [-0.4, -0.2) is 185 Å². The van der Waals surface area contributed by atoms with Gasteiger partial charge in [0.15, 0.2) is 11.5 Å². The summed E-state index contributed by atoms with van der Waals surface area (Å²) in [6, 6.07) is 13.1. The number of halogens is 1. The average Bonchev–Trinajstić information content (AvgIpc) is 1.60. The average molecular weight is 1230 g/mol. The molecule has 4 unspecified atom stereocenters. The number of benzene rings is 2. The van der Waals surface area contributed by atoms with Crippen LogP contribution in [-0.2, 0) is 38.2 Å². The topological polar surface area (TPSA) is 274 Å². The van der Waals surface area contributed by atoms with Crippen LogP contribution >= 0.6 is 23.4 Å². The van der Waals surface area contributed by atoms with E-state index in [4.69, 9.17) is 40.4 Å². The summed E-state index contributed by atoms with van der Waals surface area (Å²) in [5.41, 5.74) is 2.51. The lowest BCUT2D eigenvalue weighted by molar-refractivity contribution is -0.152. The molecule has 2 saturated heterocycles. The minimum Gasteiger partial charge on any atom is -0.497 e. The molecule has 4 aromatic rings. The summed E-state index contributed by atoms with van der Waals surface area (Å²) in [6.07, 6.45) is 4.07. The summed E-state index contributed by atoms with van der Waals surface area (Å²) in [6.45, 7) is 8.94. The lowest BCUT2D eigenvalue weighted by Gasteiger charge is -2.32. The number of carbonyl (C=O) groups is 9. The van der Waals surface area contributed by atoms with Gasteiger partial charge in [0.1, 0.15) is 39.8 Å². The molecule has 1 aliphatic carbocycles. The third kappa shape index (κ3) is 15.4. The number of aryl methyl sites for hydroxylation is 1. The van der Waals surface area contributed by atoms with E-state index in [-0.39, 0.29) is 117 Å². The van der Waals surface area contributed by atoms with Gasteiger partial charge >= 0.3 is 12.1 Å². The third-order valence-corrected chi connectivity index (χ3v) is 17.5. The van der Waals surface area contributed by atoms with Crippen molar-refractivity contribution in [1.82, 2.24) is 29.6 Å². The lowest BCUT2D eigenvalue weighted by atomic mass is 9.79. The highest BCUT2D eigenvalue weighted by Crippen LogP contribution is 2.49. The third-order valence-electron chi connectivity index (χ3n) is 15.8. The number of hydrogen-bond donors (Lipinski definition) is 2. The molecule has 3 N–H and O–H groups in total. The first-order valence-corrected chi connectivity index (χ1v) is 30.3. The number of nitrogens with one attached hydrogen (secondary N) is 1. The lowest BCUT2D eigenvalue weighted by Crippen LogP contribution is -2.49. The van der Waals surface area contributed by atoms with Gasteiger partial charge in [0.05, 0.1) is 49.1 Å². The Morgan fingerprint density at radius 3 is 2.21 bits per heavy atom. The Morgan fingerprint density at radius 1 is 0.872 bits per heavy atom. The molecule has 2 fully saturated rings. The van der Waals surface area contributed by atoms with Crippen LogP contribution < -0.4 is 14.9 Å². The van der Waals surface area contributed by atoms with E-state index in [1.807, 2.05) is 6.92 Å². The molecule has 462 valence electrons. The highest BCUT2D eigenvalue weighted by atomic mass is 35.5. The zero-order chi connectivity index (χ0) is 62.7. The molecular weight excluding hydrogens is 1150 g/mol. The van der Waals surface area contributed by atoms with Crippen molar-refractivity contribution in [1.29, 1.82) is 0 Å². The number of nitrogens with two attached hydrogens (primary N) is 1. The van der Waals surface area contributed by atoms with Gasteiger partial charge in [-0.15, -0.1) is 23.4 Å². The Hall–Kier alpha value is -7.79. The van der Waals surface area contributed by atoms with Crippen LogP contribution in [0.1, 0.15) is 135 Å². The molecule has 2 aromatic carbocycles. The van der Waals surface area contributed by atoms with Crippen LogP contribution in [0.4, 0.5) is 4.79 Å². The summed E-state index contributed by atoms with van der Waals surface area (Å²) in [5, 5.41) is 11.6. The highest BCUT2D eigenvalue weighted by molar-refractivity contribution is 8.00.